The van der Waals surface area contributed by atoms with Crippen LogP contribution in [-0.2, 0) is 15.1 Å². The van der Waals surface area contributed by atoms with Gasteiger partial charge in [0, 0.05) is 10.6 Å². The fourth-order valence-corrected chi connectivity index (χ4v) is 2.73. The highest BCUT2D eigenvalue weighted by Crippen LogP contribution is 2.34. The van der Waals surface area contributed by atoms with Crippen molar-refractivity contribution < 1.29 is 14.6 Å². The summed E-state index contributed by atoms with van der Waals surface area (Å²) in [6.07, 6.45) is 0. The van der Waals surface area contributed by atoms with Crippen LogP contribution in [0.1, 0.15) is 17.4 Å². The van der Waals surface area contributed by atoms with E-state index in [0.717, 1.165) is 0 Å². The maximum atomic E-state index is 12.2. The van der Waals surface area contributed by atoms with E-state index < -0.39 is 11.6 Å². The Morgan fingerprint density at radius 2 is 2.05 bits per heavy atom. The lowest BCUT2D eigenvalue weighted by atomic mass is 9.92. The molecule has 0 bridgehead atoms. The number of benzene rings is 1. The van der Waals surface area contributed by atoms with Gasteiger partial charge in [0.2, 0.25) is 5.60 Å². The Balaban J connectivity index is 2.51. The lowest BCUT2D eigenvalue weighted by molar-refractivity contribution is -0.161. The van der Waals surface area contributed by atoms with Crippen LogP contribution in [0.4, 0.5) is 0 Å². The van der Waals surface area contributed by atoms with Gasteiger partial charge < -0.3 is 9.84 Å². The van der Waals surface area contributed by atoms with Gasteiger partial charge in [-0.05, 0) is 30.5 Å². The van der Waals surface area contributed by atoms with Gasteiger partial charge >= 0.3 is 5.97 Å². The molecule has 100 valence electrons. The summed E-state index contributed by atoms with van der Waals surface area (Å²) in [4.78, 5) is 12.7. The Bertz CT molecular complexity index is 551. The summed E-state index contributed by atoms with van der Waals surface area (Å²) in [5, 5.41) is 13.2. The summed E-state index contributed by atoms with van der Waals surface area (Å²) < 4.78 is 5.00. The van der Waals surface area contributed by atoms with Gasteiger partial charge in [-0.15, -0.1) is 11.3 Å². The number of ether oxygens (including phenoxy) is 1. The minimum absolute atomic E-state index is 0.208. The molecule has 0 fully saturated rings. The number of carbonyl (C=O) groups is 1. The first-order valence-electron chi connectivity index (χ1n) is 5.78. The molecule has 1 atom stereocenters. The van der Waals surface area contributed by atoms with Gasteiger partial charge in [-0.1, -0.05) is 29.8 Å². The molecule has 2 aromatic rings. The molecule has 0 aliphatic carbocycles. The summed E-state index contributed by atoms with van der Waals surface area (Å²) in [5.41, 5.74) is -1.34. The second-order valence-electron chi connectivity index (χ2n) is 3.92. The number of carbonyl (C=O) groups excluding carboxylic acids is 1. The first-order valence-corrected chi connectivity index (χ1v) is 7.04. The highest BCUT2D eigenvalue weighted by atomic mass is 35.5. The molecule has 1 heterocycles. The number of hydrogen-bond acceptors (Lipinski definition) is 4. The Morgan fingerprint density at radius 1 is 1.37 bits per heavy atom. The zero-order chi connectivity index (χ0) is 13.9. The highest BCUT2D eigenvalue weighted by molar-refractivity contribution is 7.10. The monoisotopic (exact) mass is 296 g/mol. The molecule has 0 spiro atoms. The number of aliphatic hydroxyl groups is 1. The van der Waals surface area contributed by atoms with Crippen LogP contribution in [0.3, 0.4) is 0 Å². The zero-order valence-electron chi connectivity index (χ0n) is 10.3. The molecule has 1 N–H and O–H groups in total. The molecule has 1 aromatic carbocycles. The van der Waals surface area contributed by atoms with Crippen molar-refractivity contribution in [2.75, 3.05) is 6.61 Å². The smallest absolute Gasteiger partial charge is 0.348 e. The van der Waals surface area contributed by atoms with Crippen LogP contribution in [-0.4, -0.2) is 17.7 Å². The van der Waals surface area contributed by atoms with Gasteiger partial charge in [0.15, 0.2) is 0 Å². The van der Waals surface area contributed by atoms with Gasteiger partial charge in [-0.2, -0.15) is 0 Å². The third-order valence-electron chi connectivity index (χ3n) is 2.71. The van der Waals surface area contributed by atoms with Crippen molar-refractivity contribution in [1.29, 1.82) is 0 Å². The molecule has 1 aromatic heterocycles. The average Bonchev–Trinajstić information content (AvgIpc) is 2.93. The minimum atomic E-state index is -1.78. The lowest BCUT2D eigenvalue weighted by Crippen LogP contribution is -2.37. The molecular formula is C14H13ClO3S. The van der Waals surface area contributed by atoms with E-state index in [1.54, 1.807) is 48.7 Å². The number of thiophene rings is 1. The Morgan fingerprint density at radius 3 is 2.58 bits per heavy atom. The summed E-state index contributed by atoms with van der Waals surface area (Å²) >= 11 is 7.13. The Labute approximate surface area is 120 Å². The van der Waals surface area contributed by atoms with Crippen LogP contribution >= 0.6 is 22.9 Å². The molecule has 19 heavy (non-hydrogen) atoms. The summed E-state index contributed by atoms with van der Waals surface area (Å²) in [5.74, 6) is -0.681. The van der Waals surface area contributed by atoms with E-state index in [-0.39, 0.29) is 6.61 Å². The fraction of sp³-hybridized carbons (Fsp3) is 0.214. The maximum absolute atomic E-state index is 12.2. The van der Waals surface area contributed by atoms with Crippen molar-refractivity contribution in [1.82, 2.24) is 0 Å². The quantitative estimate of drug-likeness (QED) is 0.881. The summed E-state index contributed by atoms with van der Waals surface area (Å²) in [7, 11) is 0. The molecule has 0 amide bonds. The fourth-order valence-electron chi connectivity index (χ4n) is 1.77. The van der Waals surface area contributed by atoms with Crippen LogP contribution < -0.4 is 0 Å². The molecule has 0 aliphatic heterocycles. The van der Waals surface area contributed by atoms with Crippen molar-refractivity contribution in [2.45, 2.75) is 12.5 Å². The predicted molar refractivity (Wildman–Crippen MR) is 75.4 cm³/mol. The molecule has 0 aliphatic rings. The van der Waals surface area contributed by atoms with Crippen LogP contribution in [0.25, 0.3) is 0 Å². The number of halogens is 1. The molecule has 3 nitrogen and oxygen atoms in total. The van der Waals surface area contributed by atoms with Crippen molar-refractivity contribution >= 4 is 28.9 Å². The van der Waals surface area contributed by atoms with E-state index in [1.165, 1.54) is 11.3 Å². The molecule has 1 unspecified atom stereocenters. The van der Waals surface area contributed by atoms with Gasteiger partial charge in [-0.25, -0.2) is 4.79 Å². The van der Waals surface area contributed by atoms with Gasteiger partial charge in [0.1, 0.15) is 0 Å². The molecule has 0 saturated carbocycles. The van der Waals surface area contributed by atoms with Gasteiger partial charge in [0.25, 0.3) is 0 Å². The topological polar surface area (TPSA) is 46.5 Å². The third kappa shape index (κ3) is 2.66. The van der Waals surface area contributed by atoms with Crippen molar-refractivity contribution in [3.63, 3.8) is 0 Å². The van der Waals surface area contributed by atoms with Gasteiger partial charge in [0.05, 0.1) is 11.5 Å². The molecular weight excluding hydrogens is 284 g/mol. The van der Waals surface area contributed by atoms with E-state index >= 15 is 0 Å². The highest BCUT2D eigenvalue weighted by Gasteiger charge is 2.42. The zero-order valence-corrected chi connectivity index (χ0v) is 11.9. The molecule has 0 saturated heterocycles. The molecule has 5 heteroatoms. The number of rotatable bonds is 4. The van der Waals surface area contributed by atoms with Crippen LogP contribution in [0, 0.1) is 0 Å². The standard InChI is InChI=1S/C14H13ClO3S/c1-2-18-13(16)14(17,12-4-3-9-19-12)10-5-7-11(15)8-6-10/h3-9,17H,2H2,1H3. The van der Waals surface area contributed by atoms with Gasteiger partial charge in [-0.3, -0.25) is 0 Å². The second-order valence-corrected chi connectivity index (χ2v) is 5.30. The largest absolute Gasteiger partial charge is 0.463 e. The number of hydrogen-bond donors (Lipinski definition) is 1. The third-order valence-corrected chi connectivity index (χ3v) is 3.94. The van der Waals surface area contributed by atoms with E-state index in [2.05, 4.69) is 0 Å². The Hall–Kier alpha value is -1.36. The van der Waals surface area contributed by atoms with Crippen LogP contribution in [0.2, 0.25) is 5.02 Å². The Kier molecular flexibility index (Phi) is 4.24. The van der Waals surface area contributed by atoms with E-state index in [9.17, 15) is 9.90 Å². The summed E-state index contributed by atoms with van der Waals surface area (Å²) in [6, 6.07) is 10.00. The molecule has 2 rings (SSSR count). The first kappa shape index (κ1) is 14.1. The predicted octanol–water partition coefficient (Wildman–Crippen LogP) is 3.20. The normalized spacial score (nSPS) is 13.8. The van der Waals surface area contributed by atoms with E-state index in [4.69, 9.17) is 16.3 Å². The number of esters is 1. The maximum Gasteiger partial charge on any atom is 0.348 e. The lowest BCUT2D eigenvalue weighted by Gasteiger charge is -2.25. The van der Waals surface area contributed by atoms with E-state index in [0.29, 0.717) is 15.5 Å². The molecule has 0 radical (unpaired) electrons. The van der Waals surface area contributed by atoms with Crippen molar-refractivity contribution in [3.8, 4) is 0 Å². The average molecular weight is 297 g/mol. The second kappa shape index (κ2) is 5.74. The van der Waals surface area contributed by atoms with Crippen molar-refractivity contribution in [3.05, 3.63) is 57.2 Å². The SMILES string of the molecule is CCOC(=O)C(O)(c1ccc(Cl)cc1)c1cccs1. The van der Waals surface area contributed by atoms with E-state index in [1.807, 2.05) is 0 Å². The summed E-state index contributed by atoms with van der Waals surface area (Å²) in [6.45, 7) is 1.91. The minimum Gasteiger partial charge on any atom is -0.463 e. The first-order chi connectivity index (χ1) is 9.09. The van der Waals surface area contributed by atoms with Crippen LogP contribution in [0.5, 0.6) is 0 Å². The van der Waals surface area contributed by atoms with Crippen molar-refractivity contribution in [2.24, 2.45) is 0 Å². The van der Waals surface area contributed by atoms with Crippen LogP contribution in [0.15, 0.2) is 41.8 Å².